The molecule has 2 aromatic rings. The number of piperidine rings is 1. The number of nitrogens with two attached hydrogens (primary N) is 1. The van der Waals surface area contributed by atoms with Crippen LogP contribution in [0.4, 0.5) is 5.69 Å². The number of carbonyl (C=O) groups is 2. The number of carbonyl (C=O) groups excluding carboxylic acids is 2. The fraction of sp³-hybridized carbons (Fsp3) is 0.364. The van der Waals surface area contributed by atoms with Gasteiger partial charge in [0.2, 0.25) is 0 Å². The highest BCUT2D eigenvalue weighted by Crippen LogP contribution is 2.29. The zero-order chi connectivity index (χ0) is 20.2. The van der Waals surface area contributed by atoms with Crippen LogP contribution in [0.15, 0.2) is 47.4 Å². The first-order valence-electron chi connectivity index (χ1n) is 9.89. The Morgan fingerprint density at radius 3 is 2.31 bits per heavy atom. The number of hydrogen-bond donors (Lipinski definition) is 1. The maximum absolute atomic E-state index is 11.1. The van der Waals surface area contributed by atoms with E-state index < -0.39 is 0 Å². The summed E-state index contributed by atoms with van der Waals surface area (Å²) in [6, 6.07) is 13.9. The second kappa shape index (κ2) is 8.98. The van der Waals surface area contributed by atoms with Crippen molar-refractivity contribution in [2.75, 3.05) is 31.1 Å². The molecule has 2 N–H and O–H groups in total. The van der Waals surface area contributed by atoms with Gasteiger partial charge in [0.1, 0.15) is 11.9 Å². The second-order valence-electron chi connectivity index (χ2n) is 7.52. The average molecular weight is 412 g/mol. The van der Waals surface area contributed by atoms with E-state index in [0.29, 0.717) is 23.5 Å². The van der Waals surface area contributed by atoms with E-state index in [1.165, 1.54) is 4.90 Å². The van der Waals surface area contributed by atoms with Crippen LogP contribution in [0, 0.1) is 0 Å². The first-order valence-corrected chi connectivity index (χ1v) is 10.7. The van der Waals surface area contributed by atoms with Gasteiger partial charge in [-0.05, 0) is 67.3 Å². The summed E-state index contributed by atoms with van der Waals surface area (Å²) in [5.74, 6) is 0.865. The molecule has 7 heteroatoms. The lowest BCUT2D eigenvalue weighted by Gasteiger charge is -2.40. The van der Waals surface area contributed by atoms with Gasteiger partial charge in [-0.2, -0.15) is 0 Å². The van der Waals surface area contributed by atoms with Gasteiger partial charge in [0, 0.05) is 40.8 Å². The number of aldehydes is 2. The minimum Gasteiger partial charge on any atom is -0.487 e. The Bertz CT molecular complexity index is 860. The largest absolute Gasteiger partial charge is 0.487 e. The SMILES string of the molecule is NC1CCN(Sc2ccc(OC3CN(c4ccc(C=O)c(C=O)c4)C3)cc2)CC1. The lowest BCUT2D eigenvalue weighted by molar-refractivity contribution is 0.109. The summed E-state index contributed by atoms with van der Waals surface area (Å²) in [5.41, 5.74) is 7.74. The topological polar surface area (TPSA) is 75.9 Å². The van der Waals surface area contributed by atoms with Gasteiger partial charge in [-0.1, -0.05) is 0 Å². The molecule has 0 atom stereocenters. The van der Waals surface area contributed by atoms with E-state index in [-0.39, 0.29) is 6.10 Å². The molecule has 0 aliphatic carbocycles. The molecular weight excluding hydrogens is 386 g/mol. The maximum atomic E-state index is 11.1. The standard InChI is InChI=1S/C22H25N3O3S/c23-18-7-9-25(10-8-18)29-22-5-3-20(4-6-22)28-21-12-24(13-21)19-2-1-16(14-26)17(11-19)15-27/h1-6,11,14-15,18,21H,7-10,12-13,23H2. The van der Waals surface area contributed by atoms with Gasteiger partial charge in [0.15, 0.2) is 12.6 Å². The van der Waals surface area contributed by atoms with Crippen molar-refractivity contribution >= 4 is 30.2 Å². The van der Waals surface area contributed by atoms with Crippen LogP contribution >= 0.6 is 11.9 Å². The van der Waals surface area contributed by atoms with Crippen LogP contribution in [-0.2, 0) is 0 Å². The predicted molar refractivity (Wildman–Crippen MR) is 115 cm³/mol. The van der Waals surface area contributed by atoms with E-state index in [4.69, 9.17) is 10.5 Å². The van der Waals surface area contributed by atoms with Crippen LogP contribution in [-0.4, -0.2) is 55.2 Å². The summed E-state index contributed by atoms with van der Waals surface area (Å²) in [6.07, 6.45) is 3.65. The summed E-state index contributed by atoms with van der Waals surface area (Å²) in [6.45, 7) is 3.57. The van der Waals surface area contributed by atoms with Crippen LogP contribution in [0.1, 0.15) is 33.6 Å². The zero-order valence-electron chi connectivity index (χ0n) is 16.2. The molecule has 2 fully saturated rings. The van der Waals surface area contributed by atoms with Crippen molar-refractivity contribution in [3.05, 3.63) is 53.6 Å². The molecule has 0 unspecified atom stereocenters. The third-order valence-corrected chi connectivity index (χ3v) is 6.50. The summed E-state index contributed by atoms with van der Waals surface area (Å²) in [7, 11) is 0. The number of rotatable bonds is 7. The van der Waals surface area contributed by atoms with Crippen LogP contribution in [0.25, 0.3) is 0 Å². The molecule has 2 heterocycles. The molecule has 152 valence electrons. The highest BCUT2D eigenvalue weighted by atomic mass is 32.2. The molecule has 29 heavy (non-hydrogen) atoms. The number of benzene rings is 2. The number of hydrogen-bond acceptors (Lipinski definition) is 7. The van der Waals surface area contributed by atoms with Gasteiger partial charge in [0.05, 0.1) is 13.1 Å². The van der Waals surface area contributed by atoms with Gasteiger partial charge in [-0.25, -0.2) is 4.31 Å². The van der Waals surface area contributed by atoms with E-state index in [2.05, 4.69) is 21.3 Å². The minimum atomic E-state index is 0.113. The molecule has 0 radical (unpaired) electrons. The fourth-order valence-corrected chi connectivity index (χ4v) is 4.53. The molecule has 2 aliphatic heterocycles. The third-order valence-electron chi connectivity index (χ3n) is 5.40. The Balaban J connectivity index is 1.27. The van der Waals surface area contributed by atoms with Crippen molar-refractivity contribution in [3.63, 3.8) is 0 Å². The molecule has 0 aromatic heterocycles. The maximum Gasteiger partial charge on any atom is 0.150 e. The van der Waals surface area contributed by atoms with Crippen molar-refractivity contribution in [3.8, 4) is 5.75 Å². The molecule has 0 spiro atoms. The summed E-state index contributed by atoms with van der Waals surface area (Å²) >= 11 is 1.78. The summed E-state index contributed by atoms with van der Waals surface area (Å²) in [5, 5.41) is 0. The van der Waals surface area contributed by atoms with Crippen LogP contribution < -0.4 is 15.4 Å². The monoisotopic (exact) mass is 411 g/mol. The summed E-state index contributed by atoms with van der Waals surface area (Å²) < 4.78 is 8.42. The molecule has 0 bridgehead atoms. The molecule has 2 aliphatic rings. The summed E-state index contributed by atoms with van der Waals surface area (Å²) in [4.78, 5) is 25.4. The fourth-order valence-electron chi connectivity index (χ4n) is 3.58. The van der Waals surface area contributed by atoms with Gasteiger partial charge in [-0.15, -0.1) is 0 Å². The Labute approximate surface area is 175 Å². The van der Waals surface area contributed by atoms with Crippen LogP contribution in [0.2, 0.25) is 0 Å². The van der Waals surface area contributed by atoms with Crippen LogP contribution in [0.3, 0.4) is 0 Å². The highest BCUT2D eigenvalue weighted by molar-refractivity contribution is 7.97. The van der Waals surface area contributed by atoms with Crippen LogP contribution in [0.5, 0.6) is 5.75 Å². The molecule has 0 saturated carbocycles. The molecule has 0 amide bonds. The van der Waals surface area contributed by atoms with E-state index in [1.807, 2.05) is 18.2 Å². The van der Waals surface area contributed by atoms with Crippen molar-refractivity contribution in [2.24, 2.45) is 5.73 Å². The van der Waals surface area contributed by atoms with Gasteiger partial charge < -0.3 is 15.4 Å². The minimum absolute atomic E-state index is 0.113. The highest BCUT2D eigenvalue weighted by Gasteiger charge is 2.29. The number of nitrogens with zero attached hydrogens (tertiary/aromatic N) is 2. The first-order chi connectivity index (χ1) is 14.1. The lowest BCUT2D eigenvalue weighted by Crippen LogP contribution is -2.54. The predicted octanol–water partition coefficient (Wildman–Crippen LogP) is 3.01. The van der Waals surface area contributed by atoms with Crippen molar-refractivity contribution in [1.29, 1.82) is 0 Å². The normalized spacial score (nSPS) is 18.3. The van der Waals surface area contributed by atoms with E-state index in [1.54, 1.807) is 24.1 Å². The van der Waals surface area contributed by atoms with E-state index >= 15 is 0 Å². The smallest absolute Gasteiger partial charge is 0.150 e. The molecular formula is C22H25N3O3S. The average Bonchev–Trinajstić information content (AvgIpc) is 2.72. The quantitative estimate of drug-likeness (QED) is 0.554. The molecule has 6 nitrogen and oxygen atoms in total. The Morgan fingerprint density at radius 2 is 1.66 bits per heavy atom. The molecule has 2 saturated heterocycles. The van der Waals surface area contributed by atoms with E-state index in [9.17, 15) is 9.59 Å². The molecule has 2 aromatic carbocycles. The first kappa shape index (κ1) is 19.9. The van der Waals surface area contributed by atoms with Gasteiger partial charge in [-0.3, -0.25) is 9.59 Å². The third kappa shape index (κ3) is 4.80. The lowest BCUT2D eigenvalue weighted by atomic mass is 10.1. The van der Waals surface area contributed by atoms with Gasteiger partial charge >= 0.3 is 0 Å². The van der Waals surface area contributed by atoms with Crippen molar-refractivity contribution in [1.82, 2.24) is 4.31 Å². The Morgan fingerprint density at radius 1 is 0.966 bits per heavy atom. The van der Waals surface area contributed by atoms with E-state index in [0.717, 1.165) is 56.7 Å². The Kier molecular flexibility index (Phi) is 6.18. The molecule has 4 rings (SSSR count). The number of anilines is 1. The van der Waals surface area contributed by atoms with Crippen molar-refractivity contribution in [2.45, 2.75) is 29.9 Å². The number of ether oxygens (including phenoxy) is 1. The van der Waals surface area contributed by atoms with Gasteiger partial charge in [0.25, 0.3) is 0 Å². The zero-order valence-corrected chi connectivity index (χ0v) is 17.0. The second-order valence-corrected chi connectivity index (χ2v) is 8.69. The van der Waals surface area contributed by atoms with Crippen molar-refractivity contribution < 1.29 is 14.3 Å². The Hall–Kier alpha value is -2.35.